The molecule has 43 heavy (non-hydrogen) atoms. The lowest BCUT2D eigenvalue weighted by Gasteiger charge is -2.18. The second-order valence-corrected chi connectivity index (χ2v) is 13.0. The van der Waals surface area contributed by atoms with E-state index in [1.54, 1.807) is 0 Å². The summed E-state index contributed by atoms with van der Waals surface area (Å²) in [6.45, 7) is 8.82. The number of carbonyl (C=O) groups is 3. The molecular weight excluding hydrogens is 540 g/mol. The highest BCUT2D eigenvalue weighted by Gasteiger charge is 2.19. The Kier molecular flexibility index (Phi) is 30.6. The van der Waals surface area contributed by atoms with Crippen LogP contribution in [-0.4, -0.2) is 37.2 Å². The van der Waals surface area contributed by atoms with Gasteiger partial charge >= 0.3 is 17.9 Å². The molecule has 0 saturated carbocycles. The van der Waals surface area contributed by atoms with Gasteiger partial charge in [0.2, 0.25) is 0 Å². The largest absolute Gasteiger partial charge is 0.462 e. The van der Waals surface area contributed by atoms with E-state index < -0.39 is 6.10 Å². The Hall–Kier alpha value is -1.59. The molecule has 0 N–H and O–H groups in total. The summed E-state index contributed by atoms with van der Waals surface area (Å²) in [6, 6.07) is 0. The van der Waals surface area contributed by atoms with E-state index in [4.69, 9.17) is 14.2 Å². The van der Waals surface area contributed by atoms with Gasteiger partial charge in [-0.15, -0.1) is 0 Å². The first-order chi connectivity index (χ1) is 20.9. The molecule has 0 aliphatic rings. The van der Waals surface area contributed by atoms with Gasteiger partial charge in [0, 0.05) is 19.3 Å². The molecule has 0 spiro atoms. The lowest BCUT2D eigenvalue weighted by Crippen LogP contribution is -2.30. The zero-order valence-corrected chi connectivity index (χ0v) is 28.9. The molecule has 0 unspecified atom stereocenters. The normalized spacial score (nSPS) is 11.9. The van der Waals surface area contributed by atoms with Crippen molar-refractivity contribution in [3.05, 3.63) is 0 Å². The summed E-state index contributed by atoms with van der Waals surface area (Å²) >= 11 is 0. The Morgan fingerprint density at radius 1 is 0.442 bits per heavy atom. The van der Waals surface area contributed by atoms with Gasteiger partial charge in [-0.3, -0.25) is 14.4 Å². The van der Waals surface area contributed by atoms with Gasteiger partial charge < -0.3 is 14.2 Å². The van der Waals surface area contributed by atoms with E-state index in [2.05, 4.69) is 27.7 Å². The molecule has 1 atom stereocenters. The highest BCUT2D eigenvalue weighted by Crippen LogP contribution is 2.15. The zero-order chi connectivity index (χ0) is 31.8. The van der Waals surface area contributed by atoms with Crippen molar-refractivity contribution in [1.82, 2.24) is 0 Å². The summed E-state index contributed by atoms with van der Waals surface area (Å²) < 4.78 is 16.4. The molecule has 0 heterocycles. The zero-order valence-electron chi connectivity index (χ0n) is 28.9. The fraction of sp³-hybridized carbons (Fsp3) is 0.919. The van der Waals surface area contributed by atoms with Crippen LogP contribution < -0.4 is 0 Å². The highest BCUT2D eigenvalue weighted by molar-refractivity contribution is 5.71. The smallest absolute Gasteiger partial charge is 0.306 e. The lowest BCUT2D eigenvalue weighted by molar-refractivity contribution is -0.167. The van der Waals surface area contributed by atoms with Crippen LogP contribution in [0.15, 0.2) is 0 Å². The van der Waals surface area contributed by atoms with Gasteiger partial charge in [0.25, 0.3) is 0 Å². The second-order valence-electron chi connectivity index (χ2n) is 13.0. The number of carbonyl (C=O) groups excluding carboxylic acids is 3. The SMILES string of the molecule is CCCCCCCCCC(=O)OC[C@H](COC(=O)CCCCCCC)OC(=O)CCCCCCCCCCCCC(C)C. The third-order valence-electron chi connectivity index (χ3n) is 8.04. The Labute approximate surface area is 266 Å². The van der Waals surface area contributed by atoms with E-state index in [1.807, 2.05) is 0 Å². The van der Waals surface area contributed by atoms with Crippen LogP contribution in [0.4, 0.5) is 0 Å². The predicted octanol–water partition coefficient (Wildman–Crippen LogP) is 10.8. The number of ether oxygens (including phenoxy) is 3. The average Bonchev–Trinajstić information content (AvgIpc) is 2.98. The molecule has 6 nitrogen and oxygen atoms in total. The number of hydrogen-bond acceptors (Lipinski definition) is 6. The monoisotopic (exact) mass is 611 g/mol. The molecule has 0 aliphatic heterocycles. The molecule has 0 bridgehead atoms. The van der Waals surface area contributed by atoms with Crippen LogP contribution in [0.3, 0.4) is 0 Å². The minimum absolute atomic E-state index is 0.0671. The first-order valence-corrected chi connectivity index (χ1v) is 18.4. The van der Waals surface area contributed by atoms with Crippen molar-refractivity contribution in [2.45, 2.75) is 201 Å². The van der Waals surface area contributed by atoms with E-state index in [1.165, 1.54) is 83.5 Å². The van der Waals surface area contributed by atoms with Gasteiger partial charge in [-0.1, -0.05) is 156 Å². The van der Waals surface area contributed by atoms with Crippen molar-refractivity contribution in [2.24, 2.45) is 5.92 Å². The van der Waals surface area contributed by atoms with Crippen LogP contribution in [0.25, 0.3) is 0 Å². The average molecular weight is 611 g/mol. The summed E-state index contributed by atoms with van der Waals surface area (Å²) in [5, 5.41) is 0. The Bertz CT molecular complexity index is 647. The molecule has 254 valence electrons. The molecule has 6 heteroatoms. The molecule has 0 aromatic carbocycles. The van der Waals surface area contributed by atoms with Crippen molar-refractivity contribution in [2.75, 3.05) is 13.2 Å². The number of rotatable bonds is 32. The third kappa shape index (κ3) is 31.6. The molecule has 0 fully saturated rings. The summed E-state index contributed by atoms with van der Waals surface area (Å²) in [5.74, 6) is -0.0715. The molecule has 0 rings (SSSR count). The minimum Gasteiger partial charge on any atom is -0.462 e. The lowest BCUT2D eigenvalue weighted by atomic mass is 10.0. The molecule has 0 radical (unpaired) electrons. The van der Waals surface area contributed by atoms with Crippen LogP contribution in [-0.2, 0) is 28.6 Å². The van der Waals surface area contributed by atoms with Gasteiger partial charge in [-0.25, -0.2) is 0 Å². The quantitative estimate of drug-likeness (QED) is 0.0428. The summed E-state index contributed by atoms with van der Waals surface area (Å²) in [6.07, 6.45) is 27.0. The van der Waals surface area contributed by atoms with Gasteiger partial charge in [-0.2, -0.15) is 0 Å². The van der Waals surface area contributed by atoms with Crippen LogP contribution >= 0.6 is 0 Å². The Balaban J connectivity index is 4.26. The molecule has 0 aromatic rings. The molecule has 0 saturated heterocycles. The maximum absolute atomic E-state index is 12.5. The Morgan fingerprint density at radius 2 is 0.767 bits per heavy atom. The summed E-state index contributed by atoms with van der Waals surface area (Å²) in [7, 11) is 0. The van der Waals surface area contributed by atoms with Crippen LogP contribution in [0, 0.1) is 5.92 Å². The number of esters is 3. The van der Waals surface area contributed by atoms with Crippen molar-refractivity contribution in [3.8, 4) is 0 Å². The standard InChI is InChI=1S/C37H70O6/c1-5-7-9-11-16-21-25-29-36(39)42-32-34(31-41-35(38)28-24-19-10-8-6-2)43-37(40)30-26-22-18-15-13-12-14-17-20-23-27-33(3)4/h33-34H,5-32H2,1-4H3/t34-/m0/s1. The van der Waals surface area contributed by atoms with E-state index in [-0.39, 0.29) is 31.1 Å². The summed E-state index contributed by atoms with van der Waals surface area (Å²) in [5.41, 5.74) is 0. The van der Waals surface area contributed by atoms with Crippen molar-refractivity contribution < 1.29 is 28.6 Å². The van der Waals surface area contributed by atoms with Crippen LogP contribution in [0.2, 0.25) is 0 Å². The third-order valence-corrected chi connectivity index (χ3v) is 8.04. The van der Waals surface area contributed by atoms with Gasteiger partial charge in [0.15, 0.2) is 6.10 Å². The summed E-state index contributed by atoms with van der Waals surface area (Å²) in [4.78, 5) is 37.0. The highest BCUT2D eigenvalue weighted by atomic mass is 16.6. The van der Waals surface area contributed by atoms with Gasteiger partial charge in [0.05, 0.1) is 0 Å². The van der Waals surface area contributed by atoms with Crippen molar-refractivity contribution >= 4 is 17.9 Å². The fourth-order valence-corrected chi connectivity index (χ4v) is 5.21. The first-order valence-electron chi connectivity index (χ1n) is 18.4. The van der Waals surface area contributed by atoms with Crippen molar-refractivity contribution in [3.63, 3.8) is 0 Å². The van der Waals surface area contributed by atoms with Gasteiger partial charge in [-0.05, 0) is 25.2 Å². The van der Waals surface area contributed by atoms with Crippen LogP contribution in [0.1, 0.15) is 195 Å². The van der Waals surface area contributed by atoms with Gasteiger partial charge in [0.1, 0.15) is 13.2 Å². The number of unbranched alkanes of at least 4 members (excludes halogenated alkanes) is 19. The topological polar surface area (TPSA) is 78.9 Å². The Morgan fingerprint density at radius 3 is 1.14 bits per heavy atom. The van der Waals surface area contributed by atoms with E-state index in [0.29, 0.717) is 19.3 Å². The first kappa shape index (κ1) is 41.4. The number of hydrogen-bond donors (Lipinski definition) is 0. The molecular formula is C37H70O6. The second kappa shape index (κ2) is 31.8. The van der Waals surface area contributed by atoms with E-state index in [9.17, 15) is 14.4 Å². The fourth-order valence-electron chi connectivity index (χ4n) is 5.21. The molecule has 0 amide bonds. The van der Waals surface area contributed by atoms with E-state index >= 15 is 0 Å². The minimum atomic E-state index is -0.755. The van der Waals surface area contributed by atoms with E-state index in [0.717, 1.165) is 70.1 Å². The van der Waals surface area contributed by atoms with Crippen LogP contribution in [0.5, 0.6) is 0 Å². The maximum atomic E-state index is 12.5. The van der Waals surface area contributed by atoms with Crippen molar-refractivity contribution in [1.29, 1.82) is 0 Å². The maximum Gasteiger partial charge on any atom is 0.306 e. The molecule has 0 aliphatic carbocycles. The predicted molar refractivity (Wildman–Crippen MR) is 178 cm³/mol. The molecule has 0 aromatic heterocycles.